The number of amides is 1. The van der Waals surface area contributed by atoms with E-state index in [4.69, 9.17) is 14.2 Å². The van der Waals surface area contributed by atoms with E-state index in [0.29, 0.717) is 40.7 Å². The Morgan fingerprint density at radius 1 is 1.14 bits per heavy atom. The third-order valence-corrected chi connectivity index (χ3v) is 8.28. The number of Topliss-reactive ketones (excluding diaryl/α,β-unsaturated/α-hetero) is 1. The van der Waals surface area contributed by atoms with E-state index in [9.17, 15) is 19.5 Å². The number of methoxy groups -OCH3 is 1. The fourth-order valence-corrected chi connectivity index (χ4v) is 6.03. The number of carbonyl (C=O) groups is 3. The highest BCUT2D eigenvalue weighted by atomic mass is 32.1. The van der Waals surface area contributed by atoms with Crippen molar-refractivity contribution in [3.63, 3.8) is 0 Å². The van der Waals surface area contributed by atoms with E-state index in [1.54, 1.807) is 54.8 Å². The van der Waals surface area contributed by atoms with Gasteiger partial charge in [-0.1, -0.05) is 49.5 Å². The molecule has 0 saturated carbocycles. The predicted octanol–water partition coefficient (Wildman–Crippen LogP) is 5.56. The lowest BCUT2D eigenvalue weighted by Crippen LogP contribution is -2.29. The number of benzene rings is 1. The number of pyridine rings is 1. The zero-order valence-corrected chi connectivity index (χ0v) is 25.6. The first kappa shape index (κ1) is 30.5. The average Bonchev–Trinajstić information content (AvgIpc) is 3.65. The highest BCUT2D eigenvalue weighted by Crippen LogP contribution is 2.46. The highest BCUT2D eigenvalue weighted by molar-refractivity contribution is 7.17. The van der Waals surface area contributed by atoms with Crippen molar-refractivity contribution in [1.82, 2.24) is 14.4 Å². The Bertz CT molecular complexity index is 1810. The van der Waals surface area contributed by atoms with Gasteiger partial charge in [-0.25, -0.2) is 14.8 Å². The zero-order valence-electron chi connectivity index (χ0n) is 24.8. The number of anilines is 1. The number of carbonyl (C=O) groups excluding carboxylic acids is 3. The van der Waals surface area contributed by atoms with Gasteiger partial charge in [0, 0.05) is 6.20 Å². The van der Waals surface area contributed by atoms with Gasteiger partial charge in [0.15, 0.2) is 22.4 Å². The molecule has 0 bridgehead atoms. The molecule has 1 N–H and O–H groups in total. The largest absolute Gasteiger partial charge is 0.505 e. The zero-order chi connectivity index (χ0) is 31.5. The maximum Gasteiger partial charge on any atom is 0.350 e. The number of aryl methyl sites for hydroxylation is 2. The second kappa shape index (κ2) is 12.7. The van der Waals surface area contributed by atoms with Gasteiger partial charge < -0.3 is 19.3 Å². The summed E-state index contributed by atoms with van der Waals surface area (Å²) in [5.41, 5.74) is 1.93. The van der Waals surface area contributed by atoms with Gasteiger partial charge in [0.1, 0.15) is 22.8 Å². The molecule has 1 amide bonds. The molecule has 1 aliphatic rings. The second-order valence-corrected chi connectivity index (χ2v) is 11.0. The van der Waals surface area contributed by atoms with Crippen LogP contribution in [0.25, 0.3) is 11.4 Å². The number of esters is 1. The van der Waals surface area contributed by atoms with Crippen LogP contribution >= 0.6 is 11.3 Å². The van der Waals surface area contributed by atoms with Crippen molar-refractivity contribution in [3.05, 3.63) is 88.3 Å². The van der Waals surface area contributed by atoms with Crippen LogP contribution in [0.15, 0.2) is 60.8 Å². The smallest absolute Gasteiger partial charge is 0.350 e. The molecule has 11 nitrogen and oxygen atoms in total. The van der Waals surface area contributed by atoms with Crippen LogP contribution in [0.3, 0.4) is 0 Å². The van der Waals surface area contributed by atoms with Gasteiger partial charge in [0.05, 0.1) is 36.7 Å². The van der Waals surface area contributed by atoms with Crippen LogP contribution < -0.4 is 14.4 Å². The minimum absolute atomic E-state index is 0.00114. The summed E-state index contributed by atoms with van der Waals surface area (Å²) in [5.74, 6) is -1.96. The van der Waals surface area contributed by atoms with Crippen LogP contribution in [0.1, 0.15) is 58.1 Å². The van der Waals surface area contributed by atoms with Gasteiger partial charge in [-0.15, -0.1) is 0 Å². The molecule has 1 unspecified atom stereocenters. The van der Waals surface area contributed by atoms with Gasteiger partial charge >= 0.3 is 11.9 Å². The molecule has 4 aromatic rings. The quantitative estimate of drug-likeness (QED) is 0.0574. The van der Waals surface area contributed by atoms with E-state index < -0.39 is 29.5 Å². The molecule has 1 aromatic carbocycles. The molecule has 0 radical (unpaired) electrons. The van der Waals surface area contributed by atoms with Gasteiger partial charge in [-0.2, -0.15) is 0 Å². The van der Waals surface area contributed by atoms with Crippen molar-refractivity contribution in [1.29, 1.82) is 0 Å². The van der Waals surface area contributed by atoms with Crippen molar-refractivity contribution < 1.29 is 33.7 Å². The van der Waals surface area contributed by atoms with E-state index in [0.717, 1.165) is 24.2 Å². The summed E-state index contributed by atoms with van der Waals surface area (Å²) in [6.45, 7) is 9.43. The third kappa shape index (κ3) is 5.44. The Labute approximate surface area is 258 Å². The molecular weight excluding hydrogens is 584 g/mol. The molecule has 0 aliphatic carbocycles. The maximum atomic E-state index is 13.8. The maximum absolute atomic E-state index is 13.8. The van der Waals surface area contributed by atoms with E-state index in [1.165, 1.54) is 18.1 Å². The SMILES string of the molecule is C=CCOC(=O)c1sc(N2C(=O)C(=O)C(=C(O)c3c(C)nc4ccccn34)C2c2ccc(OCCCC)c(OC)c2)nc1C. The number of aromatic nitrogens is 3. The molecule has 44 heavy (non-hydrogen) atoms. The van der Waals surface area contributed by atoms with Gasteiger partial charge in [0.2, 0.25) is 0 Å². The number of nitrogens with zero attached hydrogens (tertiary/aromatic N) is 4. The van der Waals surface area contributed by atoms with E-state index in [-0.39, 0.29) is 27.9 Å². The fraction of sp³-hybridized carbons (Fsp3) is 0.281. The van der Waals surface area contributed by atoms with Crippen LogP contribution in [0.5, 0.6) is 11.5 Å². The summed E-state index contributed by atoms with van der Waals surface area (Å²) in [6, 6.07) is 9.31. The van der Waals surface area contributed by atoms with Crippen LogP contribution in [-0.4, -0.2) is 57.5 Å². The van der Waals surface area contributed by atoms with Crippen molar-refractivity contribution in [2.24, 2.45) is 0 Å². The van der Waals surface area contributed by atoms with Gasteiger partial charge in [-0.3, -0.25) is 18.9 Å². The first-order valence-corrected chi connectivity index (χ1v) is 14.8. The number of rotatable bonds is 11. The first-order chi connectivity index (χ1) is 21.2. The molecule has 1 aliphatic heterocycles. The molecule has 1 saturated heterocycles. The summed E-state index contributed by atoms with van der Waals surface area (Å²) in [7, 11) is 1.50. The van der Waals surface area contributed by atoms with Crippen LogP contribution in [0.4, 0.5) is 5.13 Å². The summed E-state index contributed by atoms with van der Waals surface area (Å²) in [4.78, 5) is 50.6. The Morgan fingerprint density at radius 2 is 1.93 bits per heavy atom. The van der Waals surface area contributed by atoms with E-state index in [2.05, 4.69) is 23.5 Å². The lowest BCUT2D eigenvalue weighted by Gasteiger charge is -2.24. The molecule has 228 valence electrons. The minimum atomic E-state index is -1.12. The standard InChI is InChI=1S/C32H32N4O7S/c1-6-8-16-42-21-13-12-20(17-22(21)41-5)26-24(27(37)25-18(3)33-23-11-9-10-14-35(23)25)28(38)30(39)36(26)32-34-19(4)29(44-32)31(40)43-15-7-2/h7,9-14,17,26,37H,2,6,8,15-16H2,1,3-5H3. The van der Waals surface area contributed by atoms with Crippen LogP contribution in [-0.2, 0) is 14.3 Å². The Kier molecular flexibility index (Phi) is 8.81. The molecule has 3 aromatic heterocycles. The van der Waals surface area contributed by atoms with E-state index >= 15 is 0 Å². The number of hydrogen-bond donors (Lipinski definition) is 1. The Balaban J connectivity index is 1.71. The number of aliphatic hydroxyl groups is 1. The number of imidazole rings is 1. The number of aliphatic hydroxyl groups excluding tert-OH is 1. The molecule has 12 heteroatoms. The predicted molar refractivity (Wildman–Crippen MR) is 165 cm³/mol. The number of ether oxygens (including phenoxy) is 3. The third-order valence-electron chi connectivity index (χ3n) is 7.14. The first-order valence-electron chi connectivity index (χ1n) is 14.0. The van der Waals surface area contributed by atoms with Crippen LogP contribution in [0.2, 0.25) is 0 Å². The Hall–Kier alpha value is -4.97. The summed E-state index contributed by atoms with van der Waals surface area (Å²) in [6.07, 6.45) is 4.96. The number of thiazole rings is 1. The lowest BCUT2D eigenvalue weighted by atomic mass is 9.96. The molecule has 0 spiro atoms. The van der Waals surface area contributed by atoms with E-state index in [1.807, 2.05) is 6.07 Å². The number of ketones is 1. The lowest BCUT2D eigenvalue weighted by molar-refractivity contribution is -0.132. The Morgan fingerprint density at radius 3 is 2.66 bits per heavy atom. The topological polar surface area (TPSA) is 133 Å². The van der Waals surface area contributed by atoms with Crippen molar-refractivity contribution in [2.75, 3.05) is 25.2 Å². The monoisotopic (exact) mass is 616 g/mol. The van der Waals surface area contributed by atoms with Crippen LogP contribution in [0, 0.1) is 13.8 Å². The number of hydrogen-bond acceptors (Lipinski definition) is 10. The minimum Gasteiger partial charge on any atom is -0.505 e. The van der Waals surface area contributed by atoms with Crippen molar-refractivity contribution in [2.45, 2.75) is 39.7 Å². The number of fused-ring (bicyclic) bond motifs is 1. The second-order valence-electron chi connectivity index (χ2n) is 10.1. The normalized spacial score (nSPS) is 16.0. The number of unbranched alkanes of at least 4 members (excludes halogenated alkanes) is 1. The summed E-state index contributed by atoms with van der Waals surface area (Å²) < 4.78 is 18.4. The molecule has 5 rings (SSSR count). The molecular formula is C32H32N4O7S. The van der Waals surface area contributed by atoms with Gasteiger partial charge in [0.25, 0.3) is 5.78 Å². The van der Waals surface area contributed by atoms with Gasteiger partial charge in [-0.05, 0) is 50.1 Å². The van der Waals surface area contributed by atoms with Crippen molar-refractivity contribution in [3.8, 4) is 11.5 Å². The summed E-state index contributed by atoms with van der Waals surface area (Å²) in [5, 5.41) is 11.9. The molecule has 1 atom stereocenters. The fourth-order valence-electron chi connectivity index (χ4n) is 5.05. The highest BCUT2D eigenvalue weighted by Gasteiger charge is 2.49. The average molecular weight is 617 g/mol. The van der Waals surface area contributed by atoms with Crippen molar-refractivity contribution >= 4 is 45.5 Å². The molecule has 1 fully saturated rings. The molecule has 4 heterocycles. The summed E-state index contributed by atoms with van der Waals surface area (Å²) >= 11 is 0.918.